The van der Waals surface area contributed by atoms with Crippen LogP contribution in [0.1, 0.15) is 21.9 Å². The molecule has 104 valence electrons. The summed E-state index contributed by atoms with van der Waals surface area (Å²) in [6.45, 7) is 0.233. The van der Waals surface area contributed by atoms with Gasteiger partial charge in [0, 0.05) is 5.69 Å². The predicted molar refractivity (Wildman–Crippen MR) is 72.3 cm³/mol. The van der Waals surface area contributed by atoms with Gasteiger partial charge in [-0.25, -0.2) is 0 Å². The zero-order chi connectivity index (χ0) is 14.5. The smallest absolute Gasteiger partial charge is 0.307 e. The van der Waals surface area contributed by atoms with Gasteiger partial charge in [-0.2, -0.15) is 0 Å². The molecule has 0 radical (unpaired) electrons. The molecule has 6 heteroatoms. The van der Waals surface area contributed by atoms with Gasteiger partial charge in [-0.15, -0.1) is 0 Å². The first-order chi connectivity index (χ1) is 9.58. The first-order valence-electron chi connectivity index (χ1n) is 5.99. The predicted octanol–water partition coefficient (Wildman–Crippen LogP) is 1.62. The van der Waals surface area contributed by atoms with E-state index in [0.717, 1.165) is 0 Å². The van der Waals surface area contributed by atoms with Crippen molar-refractivity contribution in [1.82, 2.24) is 0 Å². The van der Waals surface area contributed by atoms with Crippen LogP contribution >= 0.6 is 0 Å². The second kappa shape index (κ2) is 6.03. The van der Waals surface area contributed by atoms with Crippen molar-refractivity contribution in [1.29, 1.82) is 0 Å². The average Bonchev–Trinajstić information content (AvgIpc) is 2.89. The molecule has 1 aromatic heterocycles. The summed E-state index contributed by atoms with van der Waals surface area (Å²) < 4.78 is 5.23. The van der Waals surface area contributed by atoms with E-state index in [1.165, 1.54) is 0 Å². The number of carboxylic acid groups (broad SMARTS) is 1. The van der Waals surface area contributed by atoms with Crippen LogP contribution in [0.25, 0.3) is 0 Å². The summed E-state index contributed by atoms with van der Waals surface area (Å²) in [7, 11) is 0. The van der Waals surface area contributed by atoms with Gasteiger partial charge in [-0.1, -0.05) is 12.1 Å². The van der Waals surface area contributed by atoms with Gasteiger partial charge >= 0.3 is 5.97 Å². The summed E-state index contributed by atoms with van der Waals surface area (Å²) in [4.78, 5) is 22.4. The van der Waals surface area contributed by atoms with Crippen LogP contribution in [-0.4, -0.2) is 17.0 Å². The van der Waals surface area contributed by atoms with Crippen molar-refractivity contribution < 1.29 is 19.1 Å². The fraction of sp³-hybridized carbons (Fsp3) is 0.143. The average molecular weight is 274 g/mol. The maximum atomic E-state index is 11.9. The maximum Gasteiger partial charge on any atom is 0.307 e. The van der Waals surface area contributed by atoms with Crippen molar-refractivity contribution in [2.75, 3.05) is 5.32 Å². The summed E-state index contributed by atoms with van der Waals surface area (Å²) in [5.41, 5.74) is 6.63. The summed E-state index contributed by atoms with van der Waals surface area (Å²) in [6.07, 6.45) is -0.0493. The lowest BCUT2D eigenvalue weighted by molar-refractivity contribution is -0.136. The Morgan fingerprint density at radius 1 is 1.15 bits per heavy atom. The molecule has 0 bridgehead atoms. The molecule has 0 fully saturated rings. The minimum Gasteiger partial charge on any atom is -0.481 e. The highest BCUT2D eigenvalue weighted by molar-refractivity contribution is 6.02. The zero-order valence-corrected chi connectivity index (χ0v) is 10.6. The number of anilines is 1. The third-order valence-electron chi connectivity index (χ3n) is 2.65. The molecule has 0 atom stereocenters. The number of hydrogen-bond donors (Lipinski definition) is 3. The maximum absolute atomic E-state index is 11.9. The Hall–Kier alpha value is -2.60. The van der Waals surface area contributed by atoms with E-state index in [1.807, 2.05) is 0 Å². The third-order valence-corrected chi connectivity index (χ3v) is 2.65. The van der Waals surface area contributed by atoms with Gasteiger partial charge in [0.2, 0.25) is 0 Å². The molecule has 0 aliphatic rings. The van der Waals surface area contributed by atoms with Crippen LogP contribution in [0, 0.1) is 0 Å². The Morgan fingerprint density at radius 3 is 2.40 bits per heavy atom. The second-order valence-electron chi connectivity index (χ2n) is 4.19. The van der Waals surface area contributed by atoms with E-state index in [1.54, 1.807) is 36.4 Å². The number of carbonyl (C=O) groups is 2. The molecule has 0 saturated heterocycles. The van der Waals surface area contributed by atoms with E-state index in [9.17, 15) is 9.59 Å². The lowest BCUT2D eigenvalue weighted by Gasteiger charge is -2.04. The highest BCUT2D eigenvalue weighted by Gasteiger charge is 2.11. The molecule has 6 nitrogen and oxygen atoms in total. The monoisotopic (exact) mass is 274 g/mol. The summed E-state index contributed by atoms with van der Waals surface area (Å²) in [5.74, 6) is -0.561. The van der Waals surface area contributed by atoms with Crippen LogP contribution in [0.15, 0.2) is 40.8 Å². The number of amides is 1. The molecule has 2 rings (SSSR count). The Morgan fingerprint density at radius 2 is 1.85 bits per heavy atom. The van der Waals surface area contributed by atoms with Crippen molar-refractivity contribution in [3.05, 3.63) is 53.5 Å². The highest BCUT2D eigenvalue weighted by Crippen LogP contribution is 2.13. The molecule has 20 heavy (non-hydrogen) atoms. The number of nitrogens with one attached hydrogen (secondary N) is 1. The number of benzene rings is 1. The largest absolute Gasteiger partial charge is 0.481 e. The van der Waals surface area contributed by atoms with Gasteiger partial charge in [0.15, 0.2) is 5.76 Å². The number of carbonyl (C=O) groups excluding carboxylic acids is 1. The van der Waals surface area contributed by atoms with Crippen LogP contribution in [0.2, 0.25) is 0 Å². The fourth-order valence-electron chi connectivity index (χ4n) is 1.68. The van der Waals surface area contributed by atoms with Crippen LogP contribution in [-0.2, 0) is 17.8 Å². The van der Waals surface area contributed by atoms with Gasteiger partial charge in [0.1, 0.15) is 5.76 Å². The molecular weight excluding hydrogens is 260 g/mol. The molecule has 1 heterocycles. The first kappa shape index (κ1) is 13.8. The minimum atomic E-state index is -0.897. The van der Waals surface area contributed by atoms with Gasteiger partial charge in [0.05, 0.1) is 13.0 Å². The standard InChI is InChI=1S/C14H14N2O4/c15-8-11-5-6-12(20-11)14(19)16-10-3-1-9(2-4-10)7-13(17)18/h1-6H,7-8,15H2,(H,16,19)(H,17,18). The SMILES string of the molecule is NCc1ccc(C(=O)Nc2ccc(CC(=O)O)cc2)o1. The Balaban J connectivity index is 2.02. The molecule has 0 saturated carbocycles. The quantitative estimate of drug-likeness (QED) is 0.768. The van der Waals surface area contributed by atoms with Gasteiger partial charge in [-0.05, 0) is 29.8 Å². The van der Waals surface area contributed by atoms with Crippen LogP contribution in [0.3, 0.4) is 0 Å². The van der Waals surface area contributed by atoms with Crippen molar-refractivity contribution >= 4 is 17.6 Å². The summed E-state index contributed by atoms with van der Waals surface area (Å²) >= 11 is 0. The first-order valence-corrected chi connectivity index (χ1v) is 5.99. The molecule has 0 aliphatic carbocycles. The Bertz CT molecular complexity index is 616. The normalized spacial score (nSPS) is 10.2. The topological polar surface area (TPSA) is 106 Å². The highest BCUT2D eigenvalue weighted by atomic mass is 16.4. The Labute approximate surface area is 115 Å². The number of furan rings is 1. The Kier molecular flexibility index (Phi) is 4.17. The van der Waals surface area contributed by atoms with Crippen molar-refractivity contribution in [3.63, 3.8) is 0 Å². The van der Waals surface area contributed by atoms with Crippen LogP contribution < -0.4 is 11.1 Å². The van der Waals surface area contributed by atoms with Crippen LogP contribution in [0.5, 0.6) is 0 Å². The van der Waals surface area contributed by atoms with Crippen molar-refractivity contribution in [2.24, 2.45) is 5.73 Å². The van der Waals surface area contributed by atoms with Gasteiger partial charge < -0.3 is 20.6 Å². The minimum absolute atomic E-state index is 0.0493. The number of aliphatic carboxylic acids is 1. The molecule has 4 N–H and O–H groups in total. The van der Waals surface area contributed by atoms with Gasteiger partial charge in [0.25, 0.3) is 5.91 Å². The number of carboxylic acids is 1. The van der Waals surface area contributed by atoms with E-state index in [-0.39, 0.29) is 24.6 Å². The number of hydrogen-bond acceptors (Lipinski definition) is 4. The third kappa shape index (κ3) is 3.46. The molecular formula is C14H14N2O4. The molecule has 0 aliphatic heterocycles. The van der Waals surface area contributed by atoms with E-state index < -0.39 is 5.97 Å². The van der Waals surface area contributed by atoms with Gasteiger partial charge in [-0.3, -0.25) is 9.59 Å². The van der Waals surface area contributed by atoms with E-state index in [0.29, 0.717) is 17.0 Å². The second-order valence-corrected chi connectivity index (χ2v) is 4.19. The zero-order valence-electron chi connectivity index (χ0n) is 10.6. The van der Waals surface area contributed by atoms with Crippen molar-refractivity contribution in [3.8, 4) is 0 Å². The molecule has 2 aromatic rings. The number of rotatable bonds is 5. The summed E-state index contributed by atoms with van der Waals surface area (Å²) in [6, 6.07) is 9.78. The number of nitrogens with two attached hydrogens (primary N) is 1. The lowest BCUT2D eigenvalue weighted by Crippen LogP contribution is -2.11. The summed E-state index contributed by atoms with van der Waals surface area (Å²) in [5, 5.41) is 11.3. The molecule has 1 aromatic carbocycles. The van der Waals surface area contributed by atoms with E-state index >= 15 is 0 Å². The molecule has 0 unspecified atom stereocenters. The van der Waals surface area contributed by atoms with E-state index in [2.05, 4.69) is 5.32 Å². The lowest BCUT2D eigenvalue weighted by atomic mass is 10.1. The molecule has 1 amide bonds. The van der Waals surface area contributed by atoms with Crippen molar-refractivity contribution in [2.45, 2.75) is 13.0 Å². The van der Waals surface area contributed by atoms with Crippen LogP contribution in [0.4, 0.5) is 5.69 Å². The molecule has 0 spiro atoms. The van der Waals surface area contributed by atoms with E-state index in [4.69, 9.17) is 15.3 Å². The fourth-order valence-corrected chi connectivity index (χ4v) is 1.68.